The lowest BCUT2D eigenvalue weighted by Crippen LogP contribution is -2.50. The van der Waals surface area contributed by atoms with Crippen LogP contribution in [-0.4, -0.2) is 60.6 Å². The van der Waals surface area contributed by atoms with Gasteiger partial charge >= 0.3 is 5.97 Å². The number of thiazole rings is 1. The van der Waals surface area contributed by atoms with Crippen LogP contribution in [0.25, 0.3) is 5.69 Å². The number of ether oxygens (including phenoxy) is 1. The predicted molar refractivity (Wildman–Crippen MR) is 131 cm³/mol. The fourth-order valence-electron chi connectivity index (χ4n) is 4.35. The van der Waals surface area contributed by atoms with Crippen molar-refractivity contribution in [3.63, 3.8) is 0 Å². The molecule has 0 unspecified atom stereocenters. The predicted octanol–water partition coefficient (Wildman–Crippen LogP) is 1.62. The van der Waals surface area contributed by atoms with Crippen LogP contribution in [0.1, 0.15) is 41.4 Å². The number of amides is 2. The molecule has 1 aliphatic heterocycles. The average Bonchev–Trinajstić information content (AvgIpc) is 3.10. The smallest absolute Gasteiger partial charge is 0.339 e. The number of hydrogen-bond donors (Lipinski definition) is 3. The summed E-state index contributed by atoms with van der Waals surface area (Å²) < 4.78 is 6.90. The number of rotatable bonds is 10. The molecule has 12 heteroatoms. The fourth-order valence-corrected chi connectivity index (χ4v) is 4.92. The first-order valence-corrected chi connectivity index (χ1v) is 12.4. The second-order valence-corrected chi connectivity index (χ2v) is 9.63. The van der Waals surface area contributed by atoms with E-state index in [0.29, 0.717) is 11.4 Å². The van der Waals surface area contributed by atoms with Crippen LogP contribution in [0, 0.1) is 20.8 Å². The summed E-state index contributed by atoms with van der Waals surface area (Å²) >= 11 is 1.37. The van der Waals surface area contributed by atoms with Gasteiger partial charge in [-0.05, 0) is 38.3 Å². The Morgan fingerprint density at radius 2 is 1.94 bits per heavy atom. The number of aryl methyl sites for hydroxylation is 3. The van der Waals surface area contributed by atoms with Gasteiger partial charge in [0.1, 0.15) is 11.7 Å². The Kier molecular flexibility index (Phi) is 7.18. The lowest BCUT2D eigenvalue weighted by Gasteiger charge is -2.17. The van der Waals surface area contributed by atoms with Crippen LogP contribution in [0.5, 0.6) is 0 Å². The first-order chi connectivity index (χ1) is 17.1. The Balaban J connectivity index is 1.44. The minimum absolute atomic E-state index is 0.0974. The third-order valence-corrected chi connectivity index (χ3v) is 6.83. The van der Waals surface area contributed by atoms with Crippen LogP contribution in [0.15, 0.2) is 29.2 Å². The van der Waals surface area contributed by atoms with Crippen molar-refractivity contribution in [1.29, 1.82) is 0 Å². The number of aromatic nitrogens is 4. The van der Waals surface area contributed by atoms with Gasteiger partial charge in [0.05, 0.1) is 29.6 Å². The fraction of sp³-hybridized carbons (Fsp3) is 0.417. The normalized spacial score (nSPS) is 19.5. The van der Waals surface area contributed by atoms with Crippen LogP contribution in [-0.2, 0) is 32.1 Å². The van der Waals surface area contributed by atoms with Gasteiger partial charge < -0.3 is 20.5 Å². The van der Waals surface area contributed by atoms with Gasteiger partial charge in [-0.3, -0.25) is 9.59 Å². The molecular formula is C24H28N6O5S. The Morgan fingerprint density at radius 3 is 2.53 bits per heavy atom. The van der Waals surface area contributed by atoms with E-state index in [-0.39, 0.29) is 19.4 Å². The van der Waals surface area contributed by atoms with Gasteiger partial charge in [0.25, 0.3) is 5.91 Å². The van der Waals surface area contributed by atoms with Gasteiger partial charge in [-0.1, -0.05) is 29.8 Å². The molecule has 3 atom stereocenters. The summed E-state index contributed by atoms with van der Waals surface area (Å²) in [4.78, 5) is 41.5. The number of aliphatic carboxylic acids is 1. The van der Waals surface area contributed by atoms with Gasteiger partial charge in [0.15, 0.2) is 6.10 Å². The molecule has 4 rings (SSSR count). The molecule has 0 bridgehead atoms. The molecule has 2 aromatic heterocycles. The van der Waals surface area contributed by atoms with Crippen molar-refractivity contribution in [1.82, 2.24) is 30.6 Å². The molecular weight excluding hydrogens is 484 g/mol. The molecule has 0 spiro atoms. The Labute approximate surface area is 211 Å². The maximum atomic E-state index is 13.0. The maximum Gasteiger partial charge on any atom is 0.339 e. The molecule has 3 N–H and O–H groups in total. The number of epoxide rings is 1. The summed E-state index contributed by atoms with van der Waals surface area (Å²) in [5.74, 6) is -2.30. The zero-order valence-electron chi connectivity index (χ0n) is 20.4. The van der Waals surface area contributed by atoms with Crippen molar-refractivity contribution in [2.24, 2.45) is 0 Å². The quantitative estimate of drug-likeness (QED) is 0.347. The zero-order valence-corrected chi connectivity index (χ0v) is 21.3. The average molecular weight is 513 g/mol. The molecule has 0 saturated carbocycles. The number of carboxylic acid groups (broad SMARTS) is 1. The summed E-state index contributed by atoms with van der Waals surface area (Å²) in [7, 11) is 0. The van der Waals surface area contributed by atoms with E-state index in [0.717, 1.165) is 22.4 Å². The van der Waals surface area contributed by atoms with Gasteiger partial charge in [-0.15, -0.1) is 16.4 Å². The van der Waals surface area contributed by atoms with Crippen LogP contribution in [0.4, 0.5) is 0 Å². The summed E-state index contributed by atoms with van der Waals surface area (Å²) in [5.41, 5.74) is 5.48. The van der Waals surface area contributed by atoms with E-state index in [1.165, 1.54) is 11.3 Å². The van der Waals surface area contributed by atoms with Crippen molar-refractivity contribution in [3.05, 3.63) is 57.3 Å². The highest BCUT2D eigenvalue weighted by atomic mass is 32.1. The molecule has 1 fully saturated rings. The van der Waals surface area contributed by atoms with Crippen molar-refractivity contribution < 1.29 is 24.2 Å². The highest BCUT2D eigenvalue weighted by molar-refractivity contribution is 7.07. The second-order valence-electron chi connectivity index (χ2n) is 8.91. The number of hydrogen-bond acceptors (Lipinski definition) is 8. The Bertz CT molecular complexity index is 1270. The van der Waals surface area contributed by atoms with E-state index in [1.807, 2.05) is 20.8 Å². The summed E-state index contributed by atoms with van der Waals surface area (Å²) in [6, 6.07) is 3.17. The molecule has 1 saturated heterocycles. The number of benzene rings is 1. The van der Waals surface area contributed by atoms with Gasteiger partial charge in [0.2, 0.25) is 11.5 Å². The SMILES string of the molecule is CC[C@]1(C(=O)O)O[C@@H]1C(=O)N[C@@H](Cc1cscn1)C(=O)NCc1cn(-c2c(C)cc(C)cc2C)nn1. The minimum Gasteiger partial charge on any atom is -0.479 e. The molecule has 0 radical (unpaired) electrons. The lowest BCUT2D eigenvalue weighted by atomic mass is 10.0. The van der Waals surface area contributed by atoms with Crippen LogP contribution in [0.2, 0.25) is 0 Å². The molecule has 3 aromatic rings. The third kappa shape index (κ3) is 5.14. The van der Waals surface area contributed by atoms with E-state index in [9.17, 15) is 19.5 Å². The lowest BCUT2D eigenvalue weighted by molar-refractivity contribution is -0.143. The number of carboxylic acids is 1. The monoisotopic (exact) mass is 512 g/mol. The molecule has 190 valence electrons. The molecule has 3 heterocycles. The van der Waals surface area contributed by atoms with E-state index in [2.05, 4.69) is 38.1 Å². The summed E-state index contributed by atoms with van der Waals surface area (Å²) in [5, 5.41) is 25.0. The van der Waals surface area contributed by atoms with E-state index in [4.69, 9.17) is 4.74 Å². The van der Waals surface area contributed by atoms with Crippen molar-refractivity contribution >= 4 is 29.1 Å². The van der Waals surface area contributed by atoms with Crippen molar-refractivity contribution in [2.75, 3.05) is 0 Å². The van der Waals surface area contributed by atoms with Crippen molar-refractivity contribution in [3.8, 4) is 5.69 Å². The van der Waals surface area contributed by atoms with Crippen LogP contribution in [0.3, 0.4) is 0 Å². The second kappa shape index (κ2) is 10.2. The zero-order chi connectivity index (χ0) is 26.0. The van der Waals surface area contributed by atoms with Gasteiger partial charge in [-0.2, -0.15) is 0 Å². The standard InChI is InChI=1S/C24H28N6O5S/c1-5-24(23(33)34)20(35-24)22(32)27-18(8-16-11-36-12-26-16)21(31)25-9-17-10-30(29-28-17)19-14(3)6-13(2)7-15(19)4/h6-7,10-12,18,20H,5,8-9H2,1-4H3,(H,25,31)(H,27,32)(H,33,34)/t18-,20+,24-/m0/s1. The number of carbonyl (C=O) groups is 3. The van der Waals surface area contributed by atoms with Gasteiger partial charge in [0, 0.05) is 11.8 Å². The topological polar surface area (TPSA) is 152 Å². The molecule has 2 amide bonds. The summed E-state index contributed by atoms with van der Waals surface area (Å²) in [6.07, 6.45) is 0.888. The van der Waals surface area contributed by atoms with Crippen LogP contribution < -0.4 is 10.6 Å². The molecule has 1 aromatic carbocycles. The maximum absolute atomic E-state index is 13.0. The molecule has 0 aliphatic carbocycles. The highest BCUT2D eigenvalue weighted by Gasteiger charge is 2.65. The summed E-state index contributed by atoms with van der Waals surface area (Å²) in [6.45, 7) is 7.77. The third-order valence-electron chi connectivity index (χ3n) is 6.20. The molecule has 1 aliphatic rings. The largest absolute Gasteiger partial charge is 0.479 e. The van der Waals surface area contributed by atoms with E-state index >= 15 is 0 Å². The number of nitrogens with zero attached hydrogens (tertiary/aromatic N) is 4. The highest BCUT2D eigenvalue weighted by Crippen LogP contribution is 2.40. The Hall–Kier alpha value is -3.64. The van der Waals surface area contributed by atoms with Crippen molar-refractivity contribution in [2.45, 2.75) is 64.8 Å². The number of carbonyl (C=O) groups excluding carboxylic acids is 2. The van der Waals surface area contributed by atoms with Crippen LogP contribution >= 0.6 is 11.3 Å². The van der Waals surface area contributed by atoms with E-state index in [1.54, 1.807) is 28.7 Å². The molecule has 36 heavy (non-hydrogen) atoms. The van der Waals surface area contributed by atoms with E-state index < -0.39 is 35.5 Å². The number of nitrogens with one attached hydrogen (secondary N) is 2. The van der Waals surface area contributed by atoms with Gasteiger partial charge in [-0.25, -0.2) is 14.5 Å². The minimum atomic E-state index is -1.55. The first kappa shape index (κ1) is 25.5. The Morgan fingerprint density at radius 1 is 1.22 bits per heavy atom. The first-order valence-electron chi connectivity index (χ1n) is 11.5. The molecule has 11 nitrogen and oxygen atoms in total.